The molecule has 2 amide bonds. The van der Waals surface area contributed by atoms with Crippen LogP contribution in [0.3, 0.4) is 0 Å². The Morgan fingerprint density at radius 1 is 0.970 bits per heavy atom. The average molecular weight is 459 g/mol. The molecule has 0 aliphatic heterocycles. The van der Waals surface area contributed by atoms with Crippen LogP contribution in [-0.4, -0.2) is 21.0 Å². The fourth-order valence-corrected chi connectivity index (χ4v) is 4.31. The summed E-state index contributed by atoms with van der Waals surface area (Å²) in [6, 6.07) is 16.8. The normalized spacial score (nSPS) is 11.3. The predicted molar refractivity (Wildman–Crippen MR) is 136 cm³/mol. The first-order valence-electron chi connectivity index (χ1n) is 10.5. The number of carbonyl (C=O) groups is 1. The van der Waals surface area contributed by atoms with Crippen LogP contribution in [0.1, 0.15) is 31.3 Å². The summed E-state index contributed by atoms with van der Waals surface area (Å²) in [7, 11) is 0. The predicted octanol–water partition coefficient (Wildman–Crippen LogP) is 6.10. The number of anilines is 3. The van der Waals surface area contributed by atoms with E-state index in [9.17, 15) is 4.79 Å². The van der Waals surface area contributed by atoms with Gasteiger partial charge in [-0.3, -0.25) is 0 Å². The minimum Gasteiger partial charge on any atom is -0.368 e. The molecular formula is C25H26N6OS. The maximum atomic E-state index is 12.5. The zero-order chi connectivity index (χ0) is 23.6. The topological polar surface area (TPSA) is 106 Å². The second-order valence-electron chi connectivity index (χ2n) is 8.77. The summed E-state index contributed by atoms with van der Waals surface area (Å²) >= 11 is 1.61. The molecule has 2 aromatic carbocycles. The number of rotatable bonds is 4. The average Bonchev–Trinajstić information content (AvgIpc) is 3.22. The Morgan fingerprint density at radius 2 is 1.70 bits per heavy atom. The van der Waals surface area contributed by atoms with Crippen LogP contribution in [0.2, 0.25) is 0 Å². The van der Waals surface area contributed by atoms with E-state index in [0.29, 0.717) is 11.4 Å². The Balaban J connectivity index is 1.65. The minimum atomic E-state index is -0.306. The van der Waals surface area contributed by atoms with E-state index in [-0.39, 0.29) is 17.4 Å². The van der Waals surface area contributed by atoms with Gasteiger partial charge >= 0.3 is 6.03 Å². The lowest BCUT2D eigenvalue weighted by molar-refractivity contribution is 0.262. The fraction of sp³-hybridized carbons (Fsp3) is 0.200. The molecule has 2 heterocycles. The van der Waals surface area contributed by atoms with Gasteiger partial charge < -0.3 is 16.4 Å². The number of nitrogens with two attached hydrogens (primary N) is 1. The van der Waals surface area contributed by atoms with Crippen molar-refractivity contribution >= 4 is 34.7 Å². The van der Waals surface area contributed by atoms with Gasteiger partial charge in [-0.2, -0.15) is 0 Å². The lowest BCUT2D eigenvalue weighted by atomic mass is 9.98. The standard InChI is InChI=1S/C25H26N6OS/c1-15-8-10-17(11-9-15)28-24(32)29-18-7-5-6-16(14-18)21-20(19-12-13-27-23(26)30-19)31-22(33-21)25(2,3)4/h5-14H,1-4H3,(H2,26,27,30)(H2,28,29,32). The highest BCUT2D eigenvalue weighted by molar-refractivity contribution is 7.15. The molecule has 4 aromatic rings. The summed E-state index contributed by atoms with van der Waals surface area (Å²) < 4.78 is 0. The smallest absolute Gasteiger partial charge is 0.323 e. The van der Waals surface area contributed by atoms with Crippen LogP contribution < -0.4 is 16.4 Å². The highest BCUT2D eigenvalue weighted by atomic mass is 32.1. The molecule has 0 atom stereocenters. The Labute approximate surface area is 197 Å². The lowest BCUT2D eigenvalue weighted by Crippen LogP contribution is -2.19. The minimum absolute atomic E-state index is 0.125. The number of hydrogen-bond donors (Lipinski definition) is 3. The van der Waals surface area contributed by atoms with Crippen LogP contribution >= 0.6 is 11.3 Å². The molecule has 0 aliphatic carbocycles. The third kappa shape index (κ3) is 5.35. The van der Waals surface area contributed by atoms with Crippen LogP contribution in [0.25, 0.3) is 21.8 Å². The number of hydrogen-bond acceptors (Lipinski definition) is 6. The van der Waals surface area contributed by atoms with Crippen LogP contribution in [0, 0.1) is 6.92 Å². The summed E-state index contributed by atoms with van der Waals surface area (Å²) in [5.74, 6) is 0.201. The van der Waals surface area contributed by atoms with E-state index in [0.717, 1.165) is 32.4 Å². The maximum Gasteiger partial charge on any atom is 0.323 e. The van der Waals surface area contributed by atoms with Gasteiger partial charge in [0.1, 0.15) is 5.69 Å². The molecular weight excluding hydrogens is 432 g/mol. The number of thiazole rings is 1. The van der Waals surface area contributed by atoms with Crippen LogP contribution in [0.15, 0.2) is 60.8 Å². The van der Waals surface area contributed by atoms with E-state index in [1.54, 1.807) is 23.6 Å². The van der Waals surface area contributed by atoms with Crippen LogP contribution in [0.5, 0.6) is 0 Å². The molecule has 0 saturated carbocycles. The van der Waals surface area contributed by atoms with E-state index in [1.807, 2.05) is 55.5 Å². The Bertz CT molecular complexity index is 1290. The van der Waals surface area contributed by atoms with Gasteiger partial charge in [0.25, 0.3) is 0 Å². The van der Waals surface area contributed by atoms with Gasteiger partial charge in [0.2, 0.25) is 5.95 Å². The van der Waals surface area contributed by atoms with Gasteiger partial charge in [0.15, 0.2) is 0 Å². The Morgan fingerprint density at radius 3 is 2.39 bits per heavy atom. The number of aromatic nitrogens is 3. The molecule has 33 heavy (non-hydrogen) atoms. The van der Waals surface area contributed by atoms with E-state index in [2.05, 4.69) is 41.4 Å². The van der Waals surface area contributed by atoms with Crippen molar-refractivity contribution in [3.63, 3.8) is 0 Å². The molecule has 0 unspecified atom stereocenters. The number of amides is 2. The SMILES string of the molecule is Cc1ccc(NC(=O)Nc2cccc(-c3sc(C(C)(C)C)nc3-c3ccnc(N)n3)c2)cc1. The first-order chi connectivity index (χ1) is 15.7. The van der Waals surface area contributed by atoms with Crippen molar-refractivity contribution in [3.05, 3.63) is 71.4 Å². The van der Waals surface area contributed by atoms with Crippen molar-refractivity contribution in [2.24, 2.45) is 0 Å². The molecule has 168 valence electrons. The van der Waals surface area contributed by atoms with Crippen molar-refractivity contribution in [2.45, 2.75) is 33.1 Å². The molecule has 7 nitrogen and oxygen atoms in total. The third-order valence-electron chi connectivity index (χ3n) is 4.88. The second-order valence-corrected chi connectivity index (χ2v) is 9.77. The summed E-state index contributed by atoms with van der Waals surface area (Å²) in [6.07, 6.45) is 1.63. The molecule has 4 rings (SSSR count). The number of urea groups is 1. The Hall–Kier alpha value is -3.78. The van der Waals surface area contributed by atoms with Crippen molar-refractivity contribution in [3.8, 4) is 21.8 Å². The zero-order valence-corrected chi connectivity index (χ0v) is 19.8. The molecule has 2 aromatic heterocycles. The van der Waals surface area contributed by atoms with E-state index < -0.39 is 0 Å². The maximum absolute atomic E-state index is 12.5. The molecule has 4 N–H and O–H groups in total. The number of nitrogens with one attached hydrogen (secondary N) is 2. The number of carbonyl (C=O) groups excluding carboxylic acids is 1. The molecule has 0 aliphatic rings. The highest BCUT2D eigenvalue weighted by Crippen LogP contribution is 2.40. The van der Waals surface area contributed by atoms with E-state index >= 15 is 0 Å². The number of nitrogen functional groups attached to an aromatic ring is 1. The van der Waals surface area contributed by atoms with Crippen molar-refractivity contribution in [2.75, 3.05) is 16.4 Å². The van der Waals surface area contributed by atoms with Crippen molar-refractivity contribution in [1.82, 2.24) is 15.0 Å². The number of aryl methyl sites for hydroxylation is 1. The van der Waals surface area contributed by atoms with Gasteiger partial charge in [-0.25, -0.2) is 19.7 Å². The molecule has 8 heteroatoms. The molecule has 0 fully saturated rings. The first kappa shape index (κ1) is 22.4. The van der Waals surface area contributed by atoms with Gasteiger partial charge in [0, 0.05) is 23.0 Å². The highest BCUT2D eigenvalue weighted by Gasteiger charge is 2.24. The van der Waals surface area contributed by atoms with Gasteiger partial charge in [0.05, 0.1) is 15.6 Å². The fourth-order valence-electron chi connectivity index (χ4n) is 3.18. The van der Waals surface area contributed by atoms with Crippen molar-refractivity contribution in [1.29, 1.82) is 0 Å². The van der Waals surface area contributed by atoms with Crippen molar-refractivity contribution < 1.29 is 4.79 Å². The molecule has 0 bridgehead atoms. The Kier molecular flexibility index (Phi) is 6.11. The summed E-state index contributed by atoms with van der Waals surface area (Å²) in [6.45, 7) is 8.38. The van der Waals surface area contributed by atoms with Gasteiger partial charge in [-0.1, -0.05) is 50.6 Å². The zero-order valence-electron chi connectivity index (χ0n) is 19.0. The third-order valence-corrected chi connectivity index (χ3v) is 6.41. The van der Waals surface area contributed by atoms with Crippen LogP contribution in [0.4, 0.5) is 22.1 Å². The van der Waals surface area contributed by atoms with Crippen LogP contribution in [-0.2, 0) is 5.41 Å². The quantitative estimate of drug-likeness (QED) is 0.343. The summed E-state index contributed by atoms with van der Waals surface area (Å²) in [4.78, 5) is 26.7. The van der Waals surface area contributed by atoms with Gasteiger partial charge in [-0.05, 0) is 42.8 Å². The number of nitrogens with zero attached hydrogens (tertiary/aromatic N) is 3. The van der Waals surface area contributed by atoms with E-state index in [4.69, 9.17) is 10.7 Å². The lowest BCUT2D eigenvalue weighted by Gasteiger charge is -2.13. The monoisotopic (exact) mass is 458 g/mol. The molecule has 0 radical (unpaired) electrons. The molecule has 0 saturated heterocycles. The number of benzene rings is 2. The second kappa shape index (κ2) is 8.99. The molecule has 0 spiro atoms. The largest absolute Gasteiger partial charge is 0.368 e. The van der Waals surface area contributed by atoms with E-state index in [1.165, 1.54) is 0 Å². The summed E-state index contributed by atoms with van der Waals surface area (Å²) in [5.41, 5.74) is 10.6. The first-order valence-corrected chi connectivity index (χ1v) is 11.4. The summed E-state index contributed by atoms with van der Waals surface area (Å²) in [5, 5.41) is 6.75. The van der Waals surface area contributed by atoms with Gasteiger partial charge in [-0.15, -0.1) is 11.3 Å².